The van der Waals surface area contributed by atoms with Crippen molar-refractivity contribution in [2.24, 2.45) is 5.92 Å². The van der Waals surface area contributed by atoms with Crippen LogP contribution in [0, 0.1) is 5.92 Å². The Morgan fingerprint density at radius 2 is 2.00 bits per heavy atom. The van der Waals surface area contributed by atoms with Crippen LogP contribution in [-0.2, 0) is 6.18 Å². The molecule has 5 heteroatoms. The molecule has 18 heavy (non-hydrogen) atoms. The number of hydrogen-bond donors (Lipinski definition) is 1. The van der Waals surface area contributed by atoms with Gasteiger partial charge in [0.15, 0.2) is 0 Å². The Bertz CT molecular complexity index is 431. The van der Waals surface area contributed by atoms with E-state index in [1.54, 1.807) is 0 Å². The molecule has 2 rings (SSSR count). The Labute approximate surface area is 109 Å². The molecule has 0 bridgehead atoms. The Morgan fingerprint density at radius 3 is 2.56 bits per heavy atom. The van der Waals surface area contributed by atoms with Crippen molar-refractivity contribution >= 4 is 17.3 Å². The van der Waals surface area contributed by atoms with E-state index in [0.717, 1.165) is 25.3 Å². The van der Waals surface area contributed by atoms with E-state index in [0.29, 0.717) is 5.92 Å². The van der Waals surface area contributed by atoms with Crippen molar-refractivity contribution in [2.45, 2.75) is 38.4 Å². The van der Waals surface area contributed by atoms with Crippen molar-refractivity contribution in [2.75, 3.05) is 5.32 Å². The number of rotatable bonds is 2. The maximum absolute atomic E-state index is 12.9. The Kier molecular flexibility index (Phi) is 3.76. The van der Waals surface area contributed by atoms with Gasteiger partial charge in [-0.05, 0) is 43.4 Å². The molecule has 1 fully saturated rings. The first-order valence-electron chi connectivity index (χ1n) is 5.99. The summed E-state index contributed by atoms with van der Waals surface area (Å²) in [6.45, 7) is 2.12. The molecular weight excluding hydrogens is 263 g/mol. The van der Waals surface area contributed by atoms with Crippen LogP contribution in [0.1, 0.15) is 31.7 Å². The smallest absolute Gasteiger partial charge is 0.382 e. The van der Waals surface area contributed by atoms with Crippen LogP contribution in [0.4, 0.5) is 18.9 Å². The van der Waals surface area contributed by atoms with Gasteiger partial charge in [-0.1, -0.05) is 18.5 Å². The number of alkyl halides is 3. The molecule has 0 aliphatic heterocycles. The summed E-state index contributed by atoms with van der Waals surface area (Å²) in [5, 5.41) is 3.10. The summed E-state index contributed by atoms with van der Waals surface area (Å²) >= 11 is 5.63. The number of benzene rings is 1. The van der Waals surface area contributed by atoms with Gasteiger partial charge >= 0.3 is 6.18 Å². The van der Waals surface area contributed by atoms with Crippen molar-refractivity contribution < 1.29 is 13.2 Å². The first kappa shape index (κ1) is 13.5. The molecular formula is C13H15ClF3N. The van der Waals surface area contributed by atoms with Gasteiger partial charge in [-0.25, -0.2) is 0 Å². The second-order valence-electron chi connectivity index (χ2n) is 4.95. The minimum absolute atomic E-state index is 0.104. The number of nitrogens with one attached hydrogen (secondary N) is 1. The van der Waals surface area contributed by atoms with Crippen LogP contribution in [0.15, 0.2) is 18.2 Å². The van der Waals surface area contributed by atoms with Gasteiger partial charge in [-0.15, -0.1) is 0 Å². The highest BCUT2D eigenvalue weighted by Crippen LogP contribution is 2.38. The average Bonchev–Trinajstić information content (AvgIpc) is 2.65. The predicted octanol–water partition coefficient (Wildman–Crippen LogP) is 4.96. The van der Waals surface area contributed by atoms with Crippen molar-refractivity contribution in [3.05, 3.63) is 28.8 Å². The highest BCUT2D eigenvalue weighted by Gasteiger charge is 2.34. The fourth-order valence-corrected chi connectivity index (χ4v) is 2.61. The molecule has 2 atom stereocenters. The SMILES string of the molecule is CC1CCC(Nc2ccc(Cl)cc2C(F)(F)F)C1. The number of halogens is 4. The zero-order chi connectivity index (χ0) is 13.3. The summed E-state index contributed by atoms with van der Waals surface area (Å²) in [5.74, 6) is 0.573. The van der Waals surface area contributed by atoms with Crippen LogP contribution >= 0.6 is 11.6 Å². The summed E-state index contributed by atoms with van der Waals surface area (Å²) < 4.78 is 38.6. The van der Waals surface area contributed by atoms with Crippen molar-refractivity contribution in [1.29, 1.82) is 0 Å². The van der Waals surface area contributed by atoms with E-state index >= 15 is 0 Å². The highest BCUT2D eigenvalue weighted by molar-refractivity contribution is 6.30. The second-order valence-corrected chi connectivity index (χ2v) is 5.38. The van der Waals surface area contributed by atoms with Crippen molar-refractivity contribution in [1.82, 2.24) is 0 Å². The zero-order valence-corrected chi connectivity index (χ0v) is 10.8. The summed E-state index contributed by atoms with van der Waals surface area (Å²) in [6.07, 6.45) is -1.48. The van der Waals surface area contributed by atoms with Gasteiger partial charge in [0, 0.05) is 16.8 Å². The monoisotopic (exact) mass is 277 g/mol. The lowest BCUT2D eigenvalue weighted by molar-refractivity contribution is -0.137. The average molecular weight is 278 g/mol. The third-order valence-electron chi connectivity index (χ3n) is 3.34. The van der Waals surface area contributed by atoms with Gasteiger partial charge in [0.25, 0.3) is 0 Å². The maximum Gasteiger partial charge on any atom is 0.418 e. The minimum atomic E-state index is -4.38. The molecule has 0 spiro atoms. The van der Waals surface area contributed by atoms with E-state index in [4.69, 9.17) is 11.6 Å². The van der Waals surface area contributed by atoms with E-state index in [1.807, 2.05) is 0 Å². The van der Waals surface area contributed by atoms with E-state index in [2.05, 4.69) is 12.2 Å². The summed E-state index contributed by atoms with van der Waals surface area (Å²) in [7, 11) is 0. The van der Waals surface area contributed by atoms with Gasteiger partial charge in [-0.2, -0.15) is 13.2 Å². The first-order chi connectivity index (χ1) is 8.36. The largest absolute Gasteiger partial charge is 0.418 e. The molecule has 100 valence electrons. The van der Waals surface area contributed by atoms with Crippen molar-refractivity contribution in [3.8, 4) is 0 Å². The normalized spacial score (nSPS) is 24.3. The molecule has 0 saturated heterocycles. The maximum atomic E-state index is 12.9. The molecule has 1 nitrogen and oxygen atoms in total. The summed E-state index contributed by atoms with van der Waals surface area (Å²) in [6, 6.07) is 4.00. The zero-order valence-electron chi connectivity index (χ0n) is 10.0. The van der Waals surface area contributed by atoms with Gasteiger partial charge in [0.1, 0.15) is 0 Å². The molecule has 2 unspecified atom stereocenters. The van der Waals surface area contributed by atoms with Crippen LogP contribution in [0.2, 0.25) is 5.02 Å². The third kappa shape index (κ3) is 3.10. The highest BCUT2D eigenvalue weighted by atomic mass is 35.5. The molecule has 1 saturated carbocycles. The molecule has 0 heterocycles. The van der Waals surface area contributed by atoms with Crippen LogP contribution in [-0.4, -0.2) is 6.04 Å². The number of hydrogen-bond acceptors (Lipinski definition) is 1. The first-order valence-corrected chi connectivity index (χ1v) is 6.37. The quantitative estimate of drug-likeness (QED) is 0.806. The Balaban J connectivity index is 2.22. The molecule has 0 amide bonds. The molecule has 1 aromatic carbocycles. The van der Waals surface area contributed by atoms with Crippen LogP contribution < -0.4 is 5.32 Å². The van der Waals surface area contributed by atoms with Crippen LogP contribution in [0.25, 0.3) is 0 Å². The van der Waals surface area contributed by atoms with Crippen LogP contribution in [0.3, 0.4) is 0 Å². The predicted molar refractivity (Wildman–Crippen MR) is 66.9 cm³/mol. The van der Waals surface area contributed by atoms with Crippen LogP contribution in [0.5, 0.6) is 0 Å². The van der Waals surface area contributed by atoms with Gasteiger partial charge in [-0.3, -0.25) is 0 Å². The van der Waals surface area contributed by atoms with E-state index in [-0.39, 0.29) is 16.8 Å². The lowest BCUT2D eigenvalue weighted by Crippen LogP contribution is -2.19. The topological polar surface area (TPSA) is 12.0 Å². The molecule has 1 N–H and O–H groups in total. The Morgan fingerprint density at radius 1 is 1.28 bits per heavy atom. The fraction of sp³-hybridized carbons (Fsp3) is 0.538. The minimum Gasteiger partial charge on any atom is -0.382 e. The standard InChI is InChI=1S/C13H15ClF3N/c1-8-2-4-10(6-8)18-12-5-3-9(14)7-11(12)13(15,16)17/h3,5,7-8,10,18H,2,4,6H2,1H3. The number of anilines is 1. The van der Waals surface area contributed by atoms with Gasteiger partial charge in [0.2, 0.25) is 0 Å². The molecule has 0 aromatic heterocycles. The lowest BCUT2D eigenvalue weighted by atomic mass is 10.1. The van der Waals surface area contributed by atoms with E-state index in [9.17, 15) is 13.2 Å². The summed E-state index contributed by atoms with van der Waals surface area (Å²) in [4.78, 5) is 0. The summed E-state index contributed by atoms with van der Waals surface area (Å²) in [5.41, 5.74) is -0.555. The van der Waals surface area contributed by atoms with E-state index in [1.165, 1.54) is 12.1 Å². The van der Waals surface area contributed by atoms with Crippen molar-refractivity contribution in [3.63, 3.8) is 0 Å². The molecule has 1 aromatic rings. The Hall–Kier alpha value is -0.900. The molecule has 0 radical (unpaired) electrons. The second kappa shape index (κ2) is 5.00. The van der Waals surface area contributed by atoms with E-state index < -0.39 is 11.7 Å². The lowest BCUT2D eigenvalue weighted by Gasteiger charge is -2.19. The molecule has 1 aliphatic carbocycles. The van der Waals surface area contributed by atoms with Gasteiger partial charge in [0.05, 0.1) is 5.56 Å². The third-order valence-corrected chi connectivity index (χ3v) is 3.58. The fourth-order valence-electron chi connectivity index (χ4n) is 2.43. The van der Waals surface area contributed by atoms with Gasteiger partial charge < -0.3 is 5.32 Å². The molecule has 1 aliphatic rings.